The lowest BCUT2D eigenvalue weighted by Crippen LogP contribution is -2.37. The fraction of sp³-hybridized carbons (Fsp3) is 0.412. The summed E-state index contributed by atoms with van der Waals surface area (Å²) in [5.41, 5.74) is 1.66. The van der Waals surface area contributed by atoms with E-state index in [1.54, 1.807) is 17.9 Å². The number of likely N-dealkylation sites (tertiary alicyclic amines) is 1. The van der Waals surface area contributed by atoms with E-state index >= 15 is 0 Å². The van der Waals surface area contributed by atoms with Crippen LogP contribution in [0.4, 0.5) is 10.5 Å². The molecular weight excluding hydrogens is 296 g/mol. The number of aryl methyl sites for hydroxylation is 2. The number of furan rings is 1. The molecule has 6 nitrogen and oxygen atoms in total. The Hall–Kier alpha value is -2.50. The van der Waals surface area contributed by atoms with Gasteiger partial charge in [0.05, 0.1) is 5.41 Å². The normalized spacial score (nSPS) is 20.9. The van der Waals surface area contributed by atoms with E-state index < -0.39 is 11.4 Å². The van der Waals surface area contributed by atoms with Crippen molar-refractivity contribution < 1.29 is 19.1 Å². The highest BCUT2D eigenvalue weighted by molar-refractivity contribution is 5.94. The van der Waals surface area contributed by atoms with Crippen LogP contribution in [0.5, 0.6) is 0 Å². The Balaban J connectivity index is 1.76. The third-order valence-electron chi connectivity index (χ3n) is 4.70. The molecule has 2 heterocycles. The molecule has 0 bridgehead atoms. The summed E-state index contributed by atoms with van der Waals surface area (Å²) in [6.07, 6.45) is 0.467. The Labute approximate surface area is 134 Å². The lowest BCUT2D eigenvalue weighted by molar-refractivity contribution is -0.146. The Morgan fingerprint density at radius 2 is 2.09 bits per heavy atom. The number of nitrogens with one attached hydrogen (secondary N) is 1. The number of benzene rings is 1. The van der Waals surface area contributed by atoms with Crippen molar-refractivity contribution in [2.45, 2.75) is 27.2 Å². The van der Waals surface area contributed by atoms with Crippen molar-refractivity contribution in [3.8, 4) is 0 Å². The molecule has 1 atom stereocenters. The Kier molecular flexibility index (Phi) is 3.55. The highest BCUT2D eigenvalue weighted by atomic mass is 16.4. The number of nitrogens with zero attached hydrogens (tertiary/aromatic N) is 1. The van der Waals surface area contributed by atoms with Gasteiger partial charge in [0.1, 0.15) is 11.3 Å². The largest absolute Gasteiger partial charge is 0.481 e. The second-order valence-corrected chi connectivity index (χ2v) is 6.46. The fourth-order valence-electron chi connectivity index (χ4n) is 2.93. The average molecular weight is 316 g/mol. The van der Waals surface area contributed by atoms with Crippen molar-refractivity contribution in [3.05, 3.63) is 29.5 Å². The zero-order valence-corrected chi connectivity index (χ0v) is 13.5. The molecule has 2 amide bonds. The minimum Gasteiger partial charge on any atom is -0.481 e. The summed E-state index contributed by atoms with van der Waals surface area (Å²) in [5.74, 6) is -0.000962. The predicted molar refractivity (Wildman–Crippen MR) is 86.6 cm³/mol. The highest BCUT2D eigenvalue weighted by Crippen LogP contribution is 2.31. The minimum absolute atomic E-state index is 0.222. The lowest BCUT2D eigenvalue weighted by Gasteiger charge is -2.20. The number of rotatable bonds is 2. The quantitative estimate of drug-likeness (QED) is 0.889. The first-order valence-corrected chi connectivity index (χ1v) is 7.59. The van der Waals surface area contributed by atoms with Crippen molar-refractivity contribution in [3.63, 3.8) is 0 Å². The van der Waals surface area contributed by atoms with Crippen LogP contribution < -0.4 is 5.32 Å². The van der Waals surface area contributed by atoms with Crippen LogP contribution in [0.1, 0.15) is 24.7 Å². The molecule has 23 heavy (non-hydrogen) atoms. The molecule has 1 fully saturated rings. The number of anilines is 1. The summed E-state index contributed by atoms with van der Waals surface area (Å²) in [5, 5.41) is 13.1. The number of carboxylic acids is 1. The van der Waals surface area contributed by atoms with Crippen molar-refractivity contribution in [1.82, 2.24) is 4.90 Å². The maximum absolute atomic E-state index is 12.3. The molecule has 0 radical (unpaired) electrons. The topological polar surface area (TPSA) is 82.8 Å². The van der Waals surface area contributed by atoms with Crippen LogP contribution in [0.2, 0.25) is 0 Å². The molecule has 2 N–H and O–H groups in total. The van der Waals surface area contributed by atoms with Crippen LogP contribution in [-0.4, -0.2) is 35.1 Å². The number of carbonyl (C=O) groups is 2. The molecule has 1 aromatic carbocycles. The molecule has 1 unspecified atom stereocenters. The first kappa shape index (κ1) is 15.4. The van der Waals surface area contributed by atoms with E-state index in [0.29, 0.717) is 18.7 Å². The van der Waals surface area contributed by atoms with Gasteiger partial charge in [-0.25, -0.2) is 4.79 Å². The second-order valence-electron chi connectivity index (χ2n) is 6.46. The van der Waals surface area contributed by atoms with Crippen LogP contribution in [-0.2, 0) is 4.79 Å². The van der Waals surface area contributed by atoms with Gasteiger partial charge in [-0.2, -0.15) is 0 Å². The lowest BCUT2D eigenvalue weighted by atomic mass is 9.90. The van der Waals surface area contributed by atoms with E-state index in [1.165, 1.54) is 0 Å². The van der Waals surface area contributed by atoms with Gasteiger partial charge in [-0.3, -0.25) is 4.79 Å². The molecule has 0 aliphatic carbocycles. The molecule has 1 aromatic heterocycles. The molecule has 122 valence electrons. The number of hydrogen-bond acceptors (Lipinski definition) is 3. The summed E-state index contributed by atoms with van der Waals surface area (Å²) in [4.78, 5) is 25.2. The van der Waals surface area contributed by atoms with Gasteiger partial charge in [0, 0.05) is 24.2 Å². The number of carbonyl (C=O) groups excluding carboxylic acids is 1. The molecule has 1 saturated heterocycles. The van der Waals surface area contributed by atoms with Gasteiger partial charge in [-0.05, 0) is 51.0 Å². The number of amides is 2. The van der Waals surface area contributed by atoms with E-state index in [2.05, 4.69) is 5.32 Å². The maximum atomic E-state index is 12.3. The van der Waals surface area contributed by atoms with E-state index in [0.717, 1.165) is 22.3 Å². The van der Waals surface area contributed by atoms with Gasteiger partial charge in [0.25, 0.3) is 0 Å². The number of urea groups is 1. The third-order valence-corrected chi connectivity index (χ3v) is 4.70. The van der Waals surface area contributed by atoms with E-state index in [-0.39, 0.29) is 12.6 Å². The fourth-order valence-corrected chi connectivity index (χ4v) is 2.93. The van der Waals surface area contributed by atoms with Crippen molar-refractivity contribution >= 4 is 28.7 Å². The predicted octanol–water partition coefficient (Wildman–Crippen LogP) is 3.38. The Morgan fingerprint density at radius 3 is 2.74 bits per heavy atom. The molecule has 0 saturated carbocycles. The van der Waals surface area contributed by atoms with Crippen molar-refractivity contribution in [2.75, 3.05) is 18.4 Å². The second kappa shape index (κ2) is 5.30. The number of fused-ring (bicyclic) bond motifs is 1. The molecular formula is C17H20N2O4. The zero-order chi connectivity index (χ0) is 16.8. The van der Waals surface area contributed by atoms with Crippen molar-refractivity contribution in [2.24, 2.45) is 5.41 Å². The van der Waals surface area contributed by atoms with E-state index in [9.17, 15) is 14.7 Å². The van der Waals surface area contributed by atoms with Gasteiger partial charge >= 0.3 is 12.0 Å². The maximum Gasteiger partial charge on any atom is 0.321 e. The van der Waals surface area contributed by atoms with E-state index in [4.69, 9.17) is 4.42 Å². The molecule has 0 spiro atoms. The summed E-state index contributed by atoms with van der Waals surface area (Å²) in [7, 11) is 0. The first-order chi connectivity index (χ1) is 10.8. The SMILES string of the molecule is Cc1oc2ccc(NC(=O)N3CCC(C)(C(=O)O)C3)cc2c1C. The molecule has 3 rings (SSSR count). The van der Waals surface area contributed by atoms with Crippen LogP contribution >= 0.6 is 0 Å². The van der Waals surface area contributed by atoms with Crippen LogP contribution in [0.25, 0.3) is 11.0 Å². The number of hydrogen-bond donors (Lipinski definition) is 2. The highest BCUT2D eigenvalue weighted by Gasteiger charge is 2.42. The summed E-state index contributed by atoms with van der Waals surface area (Å²) < 4.78 is 5.62. The van der Waals surface area contributed by atoms with Crippen molar-refractivity contribution in [1.29, 1.82) is 0 Å². The standard InChI is InChI=1S/C17H20N2O4/c1-10-11(2)23-14-5-4-12(8-13(10)14)18-16(22)19-7-6-17(3,9-19)15(20)21/h4-5,8H,6-7,9H2,1-3H3,(H,18,22)(H,20,21). The molecule has 2 aromatic rings. The minimum atomic E-state index is -0.862. The summed E-state index contributed by atoms with van der Waals surface area (Å²) in [6, 6.07) is 5.23. The average Bonchev–Trinajstić information content (AvgIpc) is 3.03. The van der Waals surface area contributed by atoms with Crippen LogP contribution in [0.3, 0.4) is 0 Å². The van der Waals surface area contributed by atoms with Gasteiger partial charge in [0.15, 0.2) is 0 Å². The first-order valence-electron chi connectivity index (χ1n) is 7.59. The smallest absolute Gasteiger partial charge is 0.321 e. The van der Waals surface area contributed by atoms with Crippen LogP contribution in [0.15, 0.2) is 22.6 Å². The molecule has 1 aliphatic heterocycles. The number of aliphatic carboxylic acids is 1. The van der Waals surface area contributed by atoms with Gasteiger partial charge in [-0.15, -0.1) is 0 Å². The third kappa shape index (κ3) is 2.65. The Bertz CT molecular complexity index is 795. The van der Waals surface area contributed by atoms with Gasteiger partial charge in [-0.1, -0.05) is 0 Å². The monoisotopic (exact) mass is 316 g/mol. The zero-order valence-electron chi connectivity index (χ0n) is 13.5. The summed E-state index contributed by atoms with van der Waals surface area (Å²) >= 11 is 0. The Morgan fingerprint density at radius 1 is 1.35 bits per heavy atom. The molecule has 1 aliphatic rings. The van der Waals surface area contributed by atoms with E-state index in [1.807, 2.05) is 26.0 Å². The van der Waals surface area contributed by atoms with Gasteiger partial charge < -0.3 is 19.7 Å². The van der Waals surface area contributed by atoms with Crippen LogP contribution in [0, 0.1) is 19.3 Å². The molecule has 6 heteroatoms. The van der Waals surface area contributed by atoms with Gasteiger partial charge in [0.2, 0.25) is 0 Å². The number of carboxylic acid groups (broad SMARTS) is 1. The summed E-state index contributed by atoms with van der Waals surface area (Å²) in [6.45, 7) is 6.23.